The third-order valence-corrected chi connectivity index (χ3v) is 4.36. The third kappa shape index (κ3) is 3.02. The summed E-state index contributed by atoms with van der Waals surface area (Å²) in [6.45, 7) is 0.722. The molecule has 2 rings (SSSR count). The summed E-state index contributed by atoms with van der Waals surface area (Å²) in [5, 5.41) is 5.33. The molecule has 0 radical (unpaired) electrons. The maximum absolute atomic E-state index is 5.65. The van der Waals surface area contributed by atoms with Gasteiger partial charge in [0.25, 0.3) is 0 Å². The first kappa shape index (κ1) is 12.5. The van der Waals surface area contributed by atoms with Crippen LogP contribution in [0.4, 0.5) is 5.69 Å². The minimum atomic E-state index is 0.375. The third-order valence-electron chi connectivity index (χ3n) is 2.22. The number of anilines is 1. The lowest BCUT2D eigenvalue weighted by molar-refractivity contribution is 1.16. The number of nitrogens with two attached hydrogens (primary N) is 1. The van der Waals surface area contributed by atoms with Crippen LogP contribution in [-0.4, -0.2) is 9.97 Å². The number of rotatable bonds is 4. The fourth-order valence-corrected chi connectivity index (χ4v) is 2.99. The van der Waals surface area contributed by atoms with E-state index in [0.717, 1.165) is 22.3 Å². The van der Waals surface area contributed by atoms with Gasteiger partial charge in [-0.2, -0.15) is 0 Å². The van der Waals surface area contributed by atoms with Crippen LogP contribution in [-0.2, 0) is 6.54 Å². The zero-order chi connectivity index (χ0) is 12.3. The van der Waals surface area contributed by atoms with Crippen molar-refractivity contribution in [2.24, 2.45) is 5.73 Å². The van der Waals surface area contributed by atoms with Gasteiger partial charge in [-0.3, -0.25) is 4.98 Å². The van der Waals surface area contributed by atoms with Crippen LogP contribution in [0, 0.1) is 0 Å². The molecule has 17 heavy (non-hydrogen) atoms. The number of nitrogens with one attached hydrogen (secondary N) is 1. The standard InChI is InChI=1S/C11H10BrN3S2/c12-8-2-4-17-10(8)6-15-9-5-14-3-1-7(9)11(13)16/h1-5,15H,6H2,(H2,13,16). The average molecular weight is 328 g/mol. The molecule has 0 spiro atoms. The molecule has 0 unspecified atom stereocenters. The van der Waals surface area contributed by atoms with Gasteiger partial charge < -0.3 is 11.1 Å². The van der Waals surface area contributed by atoms with E-state index in [0.29, 0.717) is 4.99 Å². The quantitative estimate of drug-likeness (QED) is 0.847. The van der Waals surface area contributed by atoms with Gasteiger partial charge in [0.15, 0.2) is 0 Å². The smallest absolute Gasteiger partial charge is 0.106 e. The molecule has 0 aliphatic rings. The topological polar surface area (TPSA) is 50.9 Å². The molecule has 2 aromatic rings. The maximum Gasteiger partial charge on any atom is 0.106 e. The van der Waals surface area contributed by atoms with E-state index in [4.69, 9.17) is 18.0 Å². The molecule has 0 aliphatic carbocycles. The lowest BCUT2D eigenvalue weighted by Gasteiger charge is -2.09. The van der Waals surface area contributed by atoms with E-state index in [9.17, 15) is 0 Å². The number of hydrogen-bond acceptors (Lipinski definition) is 4. The van der Waals surface area contributed by atoms with Crippen molar-refractivity contribution in [1.29, 1.82) is 0 Å². The molecule has 0 amide bonds. The van der Waals surface area contributed by atoms with Crippen molar-refractivity contribution in [2.75, 3.05) is 5.32 Å². The van der Waals surface area contributed by atoms with Crippen molar-refractivity contribution in [3.8, 4) is 0 Å². The first-order chi connectivity index (χ1) is 8.18. The van der Waals surface area contributed by atoms with E-state index in [2.05, 4.69) is 26.2 Å². The van der Waals surface area contributed by atoms with Crippen molar-refractivity contribution in [2.45, 2.75) is 6.54 Å². The highest BCUT2D eigenvalue weighted by Crippen LogP contribution is 2.24. The normalized spacial score (nSPS) is 10.2. The Morgan fingerprint density at radius 3 is 3.00 bits per heavy atom. The Balaban J connectivity index is 2.14. The van der Waals surface area contributed by atoms with Crippen molar-refractivity contribution in [3.05, 3.63) is 44.8 Å². The van der Waals surface area contributed by atoms with Crippen molar-refractivity contribution >= 4 is 50.2 Å². The monoisotopic (exact) mass is 327 g/mol. The molecule has 88 valence electrons. The number of hydrogen-bond donors (Lipinski definition) is 2. The van der Waals surface area contributed by atoms with E-state index in [-0.39, 0.29) is 0 Å². The molecule has 6 heteroatoms. The van der Waals surface area contributed by atoms with E-state index in [1.54, 1.807) is 23.7 Å². The van der Waals surface area contributed by atoms with Gasteiger partial charge in [0, 0.05) is 21.1 Å². The Hall–Kier alpha value is -0.980. The first-order valence-electron chi connectivity index (χ1n) is 4.88. The fraction of sp³-hybridized carbons (Fsp3) is 0.0909. The Bertz CT molecular complexity index is 539. The highest BCUT2D eigenvalue weighted by atomic mass is 79.9. The number of pyridine rings is 1. The minimum Gasteiger partial charge on any atom is -0.389 e. The minimum absolute atomic E-state index is 0.375. The van der Waals surface area contributed by atoms with Crippen LogP contribution in [0.15, 0.2) is 34.4 Å². The summed E-state index contributed by atoms with van der Waals surface area (Å²) < 4.78 is 1.11. The molecule has 0 aromatic carbocycles. The molecule has 0 saturated carbocycles. The van der Waals surface area contributed by atoms with Crippen LogP contribution in [0.2, 0.25) is 0 Å². The summed E-state index contributed by atoms with van der Waals surface area (Å²) in [7, 11) is 0. The Kier molecular flexibility index (Phi) is 4.09. The largest absolute Gasteiger partial charge is 0.389 e. The first-order valence-corrected chi connectivity index (χ1v) is 6.96. The van der Waals surface area contributed by atoms with Gasteiger partial charge in [-0.05, 0) is 33.4 Å². The molecule has 0 fully saturated rings. The number of aromatic nitrogens is 1. The molecule has 0 bridgehead atoms. The van der Waals surface area contributed by atoms with Gasteiger partial charge in [-0.25, -0.2) is 0 Å². The van der Waals surface area contributed by atoms with Crippen LogP contribution < -0.4 is 11.1 Å². The summed E-state index contributed by atoms with van der Waals surface area (Å²) in [6, 6.07) is 3.84. The summed E-state index contributed by atoms with van der Waals surface area (Å²) in [6.07, 6.45) is 3.41. The van der Waals surface area contributed by atoms with E-state index in [1.165, 1.54) is 4.88 Å². The lowest BCUT2D eigenvalue weighted by atomic mass is 10.2. The van der Waals surface area contributed by atoms with Gasteiger partial charge in [-0.1, -0.05) is 12.2 Å². The van der Waals surface area contributed by atoms with Crippen LogP contribution in [0.3, 0.4) is 0 Å². The molecule has 2 aromatic heterocycles. The maximum atomic E-state index is 5.65. The molecule has 0 aliphatic heterocycles. The van der Waals surface area contributed by atoms with E-state index < -0.39 is 0 Å². The Labute approximate surface area is 117 Å². The predicted octanol–water partition coefficient (Wildman–Crippen LogP) is 3.15. The Morgan fingerprint density at radius 1 is 1.53 bits per heavy atom. The zero-order valence-electron chi connectivity index (χ0n) is 8.81. The predicted molar refractivity (Wildman–Crippen MR) is 79.5 cm³/mol. The lowest BCUT2D eigenvalue weighted by Crippen LogP contribution is -2.13. The van der Waals surface area contributed by atoms with E-state index >= 15 is 0 Å². The number of thiophene rings is 1. The van der Waals surface area contributed by atoms with Crippen molar-refractivity contribution in [1.82, 2.24) is 4.98 Å². The molecular formula is C11H10BrN3S2. The second-order valence-electron chi connectivity index (χ2n) is 3.33. The molecule has 0 atom stereocenters. The highest BCUT2D eigenvalue weighted by molar-refractivity contribution is 9.10. The molecular weight excluding hydrogens is 318 g/mol. The SMILES string of the molecule is NC(=S)c1ccncc1NCc1sccc1Br. The fourth-order valence-electron chi connectivity index (χ4n) is 1.38. The van der Waals surface area contributed by atoms with Crippen LogP contribution in [0.1, 0.15) is 10.4 Å². The van der Waals surface area contributed by atoms with Gasteiger partial charge >= 0.3 is 0 Å². The number of nitrogens with zero attached hydrogens (tertiary/aromatic N) is 1. The zero-order valence-corrected chi connectivity index (χ0v) is 12.0. The van der Waals surface area contributed by atoms with E-state index in [1.807, 2.05) is 17.5 Å². The summed E-state index contributed by atoms with van der Waals surface area (Å²) >= 11 is 10.2. The summed E-state index contributed by atoms with van der Waals surface area (Å²) in [5.74, 6) is 0. The number of thiocarbonyl (C=S) groups is 1. The van der Waals surface area contributed by atoms with Gasteiger partial charge in [0.05, 0.1) is 18.4 Å². The second kappa shape index (κ2) is 5.57. The second-order valence-corrected chi connectivity index (χ2v) is 5.63. The van der Waals surface area contributed by atoms with Crippen LogP contribution in [0.5, 0.6) is 0 Å². The Morgan fingerprint density at radius 2 is 2.35 bits per heavy atom. The molecule has 0 saturated heterocycles. The van der Waals surface area contributed by atoms with Gasteiger partial charge in [0.2, 0.25) is 0 Å². The van der Waals surface area contributed by atoms with Crippen molar-refractivity contribution in [3.63, 3.8) is 0 Å². The molecule has 2 heterocycles. The summed E-state index contributed by atoms with van der Waals surface area (Å²) in [5.41, 5.74) is 7.33. The molecule has 3 N–H and O–H groups in total. The highest BCUT2D eigenvalue weighted by Gasteiger charge is 2.06. The number of halogens is 1. The average Bonchev–Trinajstić information content (AvgIpc) is 2.72. The van der Waals surface area contributed by atoms with Crippen LogP contribution in [0.25, 0.3) is 0 Å². The molecule has 3 nitrogen and oxygen atoms in total. The van der Waals surface area contributed by atoms with Gasteiger partial charge in [0.1, 0.15) is 4.99 Å². The van der Waals surface area contributed by atoms with Crippen molar-refractivity contribution < 1.29 is 0 Å². The summed E-state index contributed by atoms with van der Waals surface area (Å²) in [4.78, 5) is 5.66. The van der Waals surface area contributed by atoms with Gasteiger partial charge in [-0.15, -0.1) is 11.3 Å². The van der Waals surface area contributed by atoms with Crippen LogP contribution >= 0.6 is 39.5 Å².